The van der Waals surface area contributed by atoms with Gasteiger partial charge in [0, 0.05) is 11.5 Å². The van der Waals surface area contributed by atoms with E-state index in [1.54, 1.807) is 12.1 Å². The Kier molecular flexibility index (Phi) is 6.56. The molecule has 0 heterocycles. The van der Waals surface area contributed by atoms with Crippen molar-refractivity contribution >= 4 is 0 Å². The van der Waals surface area contributed by atoms with E-state index in [0.717, 1.165) is 31.2 Å². The van der Waals surface area contributed by atoms with Crippen molar-refractivity contribution in [3.8, 4) is 11.5 Å². The number of phenols is 2. The van der Waals surface area contributed by atoms with Gasteiger partial charge in [0.25, 0.3) is 0 Å². The van der Waals surface area contributed by atoms with E-state index in [9.17, 15) is 15.3 Å². The summed E-state index contributed by atoms with van der Waals surface area (Å²) in [6.07, 6.45) is 9.43. The van der Waals surface area contributed by atoms with Gasteiger partial charge in [-0.05, 0) is 70.1 Å². The fourth-order valence-corrected chi connectivity index (χ4v) is 4.07. The number of aromatic hydroxyl groups is 2. The smallest absolute Gasteiger partial charge is 0.123 e. The first-order valence-corrected chi connectivity index (χ1v) is 9.68. The quantitative estimate of drug-likeness (QED) is 0.455. The van der Waals surface area contributed by atoms with Crippen molar-refractivity contribution in [2.45, 2.75) is 84.2 Å². The van der Waals surface area contributed by atoms with Crippen molar-refractivity contribution in [1.29, 1.82) is 0 Å². The first-order chi connectivity index (χ1) is 11.7. The van der Waals surface area contributed by atoms with Crippen LogP contribution in [-0.2, 0) is 6.42 Å². The second-order valence-electron chi connectivity index (χ2n) is 8.20. The average molecular weight is 347 g/mol. The van der Waals surface area contributed by atoms with E-state index in [-0.39, 0.29) is 23.3 Å². The van der Waals surface area contributed by atoms with E-state index in [0.29, 0.717) is 5.56 Å². The molecule has 3 N–H and O–H groups in total. The average Bonchev–Trinajstić information content (AvgIpc) is 2.50. The molecule has 0 aliphatic heterocycles. The molecule has 0 spiro atoms. The van der Waals surface area contributed by atoms with Crippen LogP contribution in [0.25, 0.3) is 0 Å². The van der Waals surface area contributed by atoms with E-state index in [1.165, 1.54) is 24.8 Å². The van der Waals surface area contributed by atoms with E-state index in [1.807, 2.05) is 13.8 Å². The Bertz CT molecular complexity index is 587. The van der Waals surface area contributed by atoms with Gasteiger partial charge >= 0.3 is 0 Å². The standard InChI is InChI=1S/C22H34O3/c1-5-6-7-8-9-16-13-19(23)21(20(24)14-16)17-12-15(2)10-11-18(17)22(3,4)25/h12-14,17-18,23-25H,5-11H2,1-4H3/t17-,18-/m1/s1. The lowest BCUT2D eigenvalue weighted by Gasteiger charge is -2.38. The molecule has 0 unspecified atom stereocenters. The van der Waals surface area contributed by atoms with Crippen LogP contribution in [0.3, 0.4) is 0 Å². The Morgan fingerprint density at radius 1 is 1.08 bits per heavy atom. The van der Waals surface area contributed by atoms with E-state index in [4.69, 9.17) is 0 Å². The molecule has 1 aliphatic carbocycles. The van der Waals surface area contributed by atoms with Crippen molar-refractivity contribution in [3.05, 3.63) is 34.9 Å². The summed E-state index contributed by atoms with van der Waals surface area (Å²) in [5, 5.41) is 31.8. The normalized spacial score (nSPS) is 21.2. The summed E-state index contributed by atoms with van der Waals surface area (Å²) < 4.78 is 0. The second kappa shape index (κ2) is 8.27. The topological polar surface area (TPSA) is 60.7 Å². The number of hydrogen-bond donors (Lipinski definition) is 3. The highest BCUT2D eigenvalue weighted by Gasteiger charge is 2.38. The van der Waals surface area contributed by atoms with E-state index in [2.05, 4.69) is 19.9 Å². The van der Waals surface area contributed by atoms with Crippen molar-refractivity contribution in [3.63, 3.8) is 0 Å². The van der Waals surface area contributed by atoms with Crippen LogP contribution in [0.1, 0.15) is 83.3 Å². The third-order valence-electron chi connectivity index (χ3n) is 5.50. The molecule has 0 radical (unpaired) electrons. The number of benzene rings is 1. The van der Waals surface area contributed by atoms with Crippen LogP contribution >= 0.6 is 0 Å². The number of aliphatic hydroxyl groups is 1. The number of hydrogen-bond acceptors (Lipinski definition) is 3. The Hall–Kier alpha value is -1.48. The van der Waals surface area contributed by atoms with Crippen molar-refractivity contribution in [1.82, 2.24) is 0 Å². The zero-order chi connectivity index (χ0) is 18.6. The third-order valence-corrected chi connectivity index (χ3v) is 5.50. The summed E-state index contributed by atoms with van der Waals surface area (Å²) in [6, 6.07) is 3.58. The molecule has 2 rings (SSSR count). The minimum atomic E-state index is -0.862. The lowest BCUT2D eigenvalue weighted by molar-refractivity contribution is 0.00421. The highest BCUT2D eigenvalue weighted by Crippen LogP contribution is 2.47. The Morgan fingerprint density at radius 2 is 1.72 bits per heavy atom. The molecule has 3 heteroatoms. The van der Waals surface area contributed by atoms with Gasteiger partial charge < -0.3 is 15.3 Å². The number of aryl methyl sites for hydroxylation is 1. The first-order valence-electron chi connectivity index (χ1n) is 9.68. The van der Waals surface area contributed by atoms with Gasteiger partial charge in [-0.3, -0.25) is 0 Å². The highest BCUT2D eigenvalue weighted by atomic mass is 16.3. The van der Waals surface area contributed by atoms with Crippen LogP contribution < -0.4 is 0 Å². The van der Waals surface area contributed by atoms with Crippen LogP contribution in [0.2, 0.25) is 0 Å². The predicted octanol–water partition coefficient (Wildman–Crippen LogP) is 5.43. The Morgan fingerprint density at radius 3 is 2.28 bits per heavy atom. The second-order valence-corrected chi connectivity index (χ2v) is 8.20. The fourth-order valence-electron chi connectivity index (χ4n) is 4.07. The largest absolute Gasteiger partial charge is 0.507 e. The maximum Gasteiger partial charge on any atom is 0.123 e. The summed E-state index contributed by atoms with van der Waals surface area (Å²) in [5.74, 6) is 0.109. The summed E-state index contributed by atoms with van der Waals surface area (Å²) >= 11 is 0. The van der Waals surface area contributed by atoms with Crippen molar-refractivity contribution in [2.75, 3.05) is 0 Å². The van der Waals surface area contributed by atoms with Crippen molar-refractivity contribution in [2.24, 2.45) is 5.92 Å². The molecule has 1 aliphatic rings. The maximum atomic E-state index is 10.6. The molecule has 0 bridgehead atoms. The zero-order valence-electron chi connectivity index (χ0n) is 16.2. The summed E-state index contributed by atoms with van der Waals surface area (Å²) in [4.78, 5) is 0. The molecule has 0 fully saturated rings. The number of unbranched alkanes of at least 4 members (excludes halogenated alkanes) is 3. The third kappa shape index (κ3) is 5.01. The lowest BCUT2D eigenvalue weighted by atomic mass is 9.69. The molecule has 0 saturated carbocycles. The van der Waals surface area contributed by atoms with E-state index < -0.39 is 5.60 Å². The molecule has 1 aromatic rings. The first kappa shape index (κ1) is 19.8. The number of allylic oxidation sites excluding steroid dienone is 2. The predicted molar refractivity (Wildman–Crippen MR) is 103 cm³/mol. The van der Waals surface area contributed by atoms with Crippen molar-refractivity contribution < 1.29 is 15.3 Å². The number of phenolic OH excluding ortho intramolecular Hbond substituents is 2. The monoisotopic (exact) mass is 346 g/mol. The van der Waals surface area contributed by atoms with Crippen LogP contribution in [0.15, 0.2) is 23.8 Å². The van der Waals surface area contributed by atoms with Crippen LogP contribution in [0.4, 0.5) is 0 Å². The van der Waals surface area contributed by atoms with Gasteiger partial charge in [-0.1, -0.05) is 37.8 Å². The molecular formula is C22H34O3. The fraction of sp³-hybridized carbons (Fsp3) is 0.636. The minimum Gasteiger partial charge on any atom is -0.507 e. The van der Waals surface area contributed by atoms with Crippen LogP contribution in [0.5, 0.6) is 11.5 Å². The van der Waals surface area contributed by atoms with Gasteiger partial charge in [0.1, 0.15) is 11.5 Å². The van der Waals surface area contributed by atoms with Crippen LogP contribution in [0, 0.1) is 5.92 Å². The van der Waals surface area contributed by atoms with Gasteiger partial charge in [0.2, 0.25) is 0 Å². The molecular weight excluding hydrogens is 312 g/mol. The van der Waals surface area contributed by atoms with Gasteiger partial charge in [-0.2, -0.15) is 0 Å². The number of rotatable bonds is 7. The Balaban J connectivity index is 2.29. The van der Waals surface area contributed by atoms with Crippen LogP contribution in [-0.4, -0.2) is 20.9 Å². The molecule has 2 atom stereocenters. The summed E-state index contributed by atoms with van der Waals surface area (Å²) in [5.41, 5.74) is 1.92. The maximum absolute atomic E-state index is 10.6. The molecule has 0 amide bonds. The minimum absolute atomic E-state index is 0.0246. The molecule has 0 saturated heterocycles. The van der Waals surface area contributed by atoms with Gasteiger partial charge in [-0.25, -0.2) is 0 Å². The molecule has 1 aromatic carbocycles. The van der Waals surface area contributed by atoms with E-state index >= 15 is 0 Å². The highest BCUT2D eigenvalue weighted by molar-refractivity contribution is 5.51. The molecule has 25 heavy (non-hydrogen) atoms. The Labute approximate surface area is 152 Å². The molecule has 0 aromatic heterocycles. The lowest BCUT2D eigenvalue weighted by Crippen LogP contribution is -2.36. The molecule has 140 valence electrons. The summed E-state index contributed by atoms with van der Waals surface area (Å²) in [7, 11) is 0. The van der Waals surface area contributed by atoms with Gasteiger partial charge in [0.15, 0.2) is 0 Å². The zero-order valence-corrected chi connectivity index (χ0v) is 16.2. The van der Waals surface area contributed by atoms with Gasteiger partial charge in [0.05, 0.1) is 5.60 Å². The summed E-state index contributed by atoms with van der Waals surface area (Å²) in [6.45, 7) is 7.89. The van der Waals surface area contributed by atoms with Gasteiger partial charge in [-0.15, -0.1) is 0 Å². The SMILES string of the molecule is CCCCCCc1cc(O)c([C@@H]2C=C(C)CC[C@H]2C(C)(C)O)c(O)c1. The molecule has 3 nitrogen and oxygen atoms in total.